The first-order valence-electron chi connectivity index (χ1n) is 6.62. The number of hydrogen-bond acceptors (Lipinski definition) is 3. The number of amides is 3. The molecule has 1 atom stereocenters. The first-order valence-corrected chi connectivity index (χ1v) is 6.62. The average Bonchev–Trinajstić information content (AvgIpc) is 2.66. The van der Waals surface area contributed by atoms with Gasteiger partial charge in [0.25, 0.3) is 5.91 Å². The second-order valence-electron chi connectivity index (χ2n) is 5.36. The van der Waals surface area contributed by atoms with E-state index in [2.05, 4.69) is 5.32 Å². The van der Waals surface area contributed by atoms with E-state index in [4.69, 9.17) is 5.26 Å². The summed E-state index contributed by atoms with van der Waals surface area (Å²) in [4.78, 5) is 25.2. The van der Waals surface area contributed by atoms with Crippen LogP contribution in [0.4, 0.5) is 4.79 Å². The maximum Gasteiger partial charge on any atom is 0.325 e. The maximum absolute atomic E-state index is 12.2. The number of carbonyl (C=O) groups excluding carboxylic acids is 2. The Morgan fingerprint density at radius 3 is 2.50 bits per heavy atom. The fourth-order valence-electron chi connectivity index (χ4n) is 2.23. The SMILES string of the molecule is CC(C)CC1NC(=O)N(Cc2ccc(C#N)cc2)C1=O. The number of nitriles is 1. The monoisotopic (exact) mass is 271 g/mol. The third-order valence-corrected chi connectivity index (χ3v) is 3.24. The molecule has 0 saturated carbocycles. The molecule has 1 heterocycles. The summed E-state index contributed by atoms with van der Waals surface area (Å²) in [5.74, 6) is 0.173. The number of nitrogens with one attached hydrogen (secondary N) is 1. The molecular formula is C15H17N3O2. The summed E-state index contributed by atoms with van der Waals surface area (Å²) >= 11 is 0. The number of carbonyl (C=O) groups is 2. The zero-order valence-corrected chi connectivity index (χ0v) is 11.6. The smallest absolute Gasteiger partial charge is 0.325 e. The Morgan fingerprint density at radius 2 is 1.95 bits per heavy atom. The predicted molar refractivity (Wildman–Crippen MR) is 73.5 cm³/mol. The molecule has 1 aromatic rings. The van der Waals surface area contributed by atoms with Gasteiger partial charge in [0.05, 0.1) is 18.2 Å². The van der Waals surface area contributed by atoms with Crippen LogP contribution in [0, 0.1) is 17.2 Å². The number of hydrogen-bond donors (Lipinski definition) is 1. The van der Waals surface area contributed by atoms with Gasteiger partial charge >= 0.3 is 6.03 Å². The van der Waals surface area contributed by atoms with Crippen molar-refractivity contribution in [3.05, 3.63) is 35.4 Å². The highest BCUT2D eigenvalue weighted by molar-refractivity contribution is 6.04. The van der Waals surface area contributed by atoms with E-state index in [0.29, 0.717) is 17.9 Å². The minimum absolute atomic E-state index is 0.173. The van der Waals surface area contributed by atoms with Crippen LogP contribution in [0.1, 0.15) is 31.4 Å². The van der Waals surface area contributed by atoms with Crippen molar-refractivity contribution in [1.29, 1.82) is 5.26 Å². The first kappa shape index (κ1) is 14.1. The van der Waals surface area contributed by atoms with E-state index in [1.165, 1.54) is 4.90 Å². The molecule has 5 heteroatoms. The quantitative estimate of drug-likeness (QED) is 0.851. The van der Waals surface area contributed by atoms with Crippen LogP contribution in [0.25, 0.3) is 0 Å². The van der Waals surface area contributed by atoms with Gasteiger partial charge in [0, 0.05) is 0 Å². The molecule has 1 aliphatic heterocycles. The summed E-state index contributed by atoms with van der Waals surface area (Å²) in [7, 11) is 0. The van der Waals surface area contributed by atoms with E-state index in [0.717, 1.165) is 5.56 Å². The lowest BCUT2D eigenvalue weighted by Crippen LogP contribution is -2.31. The van der Waals surface area contributed by atoms with Gasteiger partial charge in [-0.25, -0.2) is 4.79 Å². The Morgan fingerprint density at radius 1 is 1.30 bits per heavy atom. The molecule has 0 spiro atoms. The summed E-state index contributed by atoms with van der Waals surface area (Å²) < 4.78 is 0. The maximum atomic E-state index is 12.2. The Kier molecular flexibility index (Phi) is 4.04. The van der Waals surface area contributed by atoms with E-state index in [1.807, 2.05) is 19.9 Å². The Labute approximate surface area is 118 Å². The number of rotatable bonds is 4. The average molecular weight is 271 g/mol. The number of urea groups is 1. The van der Waals surface area contributed by atoms with Crippen LogP contribution in [-0.4, -0.2) is 22.9 Å². The lowest BCUT2D eigenvalue weighted by molar-refractivity contribution is -0.128. The molecule has 1 saturated heterocycles. The lowest BCUT2D eigenvalue weighted by Gasteiger charge is -2.13. The fraction of sp³-hybridized carbons (Fsp3) is 0.400. The summed E-state index contributed by atoms with van der Waals surface area (Å²) in [6.45, 7) is 4.27. The topological polar surface area (TPSA) is 73.2 Å². The van der Waals surface area contributed by atoms with Gasteiger partial charge in [-0.3, -0.25) is 9.69 Å². The van der Waals surface area contributed by atoms with Crippen LogP contribution >= 0.6 is 0 Å². The Hall–Kier alpha value is -2.35. The van der Waals surface area contributed by atoms with Crippen molar-refractivity contribution >= 4 is 11.9 Å². The normalized spacial score (nSPS) is 18.3. The van der Waals surface area contributed by atoms with Crippen molar-refractivity contribution in [3.63, 3.8) is 0 Å². The highest BCUT2D eigenvalue weighted by Crippen LogP contribution is 2.17. The number of imide groups is 1. The van der Waals surface area contributed by atoms with Gasteiger partial charge in [-0.1, -0.05) is 26.0 Å². The highest BCUT2D eigenvalue weighted by atomic mass is 16.2. The first-order chi connectivity index (χ1) is 9.51. The predicted octanol–water partition coefficient (Wildman–Crippen LogP) is 2.02. The molecule has 1 aromatic carbocycles. The lowest BCUT2D eigenvalue weighted by atomic mass is 10.0. The van der Waals surface area contributed by atoms with Crippen LogP contribution in [0.2, 0.25) is 0 Å². The minimum atomic E-state index is -0.416. The van der Waals surface area contributed by atoms with Gasteiger partial charge in [0.15, 0.2) is 0 Å². The van der Waals surface area contributed by atoms with Crippen molar-refractivity contribution in [3.8, 4) is 6.07 Å². The second kappa shape index (κ2) is 5.74. The summed E-state index contributed by atoms with van der Waals surface area (Å²) in [5.41, 5.74) is 1.39. The third-order valence-electron chi connectivity index (χ3n) is 3.24. The molecular weight excluding hydrogens is 254 g/mol. The van der Waals surface area contributed by atoms with E-state index in [1.54, 1.807) is 24.3 Å². The van der Waals surface area contributed by atoms with E-state index in [9.17, 15) is 9.59 Å². The standard InChI is InChI=1S/C15H17N3O2/c1-10(2)7-13-14(19)18(15(20)17-13)9-12-5-3-11(8-16)4-6-12/h3-6,10,13H,7,9H2,1-2H3,(H,17,20). The largest absolute Gasteiger partial charge is 0.326 e. The van der Waals surface area contributed by atoms with E-state index >= 15 is 0 Å². The molecule has 5 nitrogen and oxygen atoms in total. The third kappa shape index (κ3) is 2.97. The fourth-order valence-corrected chi connectivity index (χ4v) is 2.23. The molecule has 3 amide bonds. The Balaban J connectivity index is 2.07. The number of benzene rings is 1. The second-order valence-corrected chi connectivity index (χ2v) is 5.36. The van der Waals surface area contributed by atoms with Gasteiger partial charge in [0.1, 0.15) is 6.04 Å². The summed E-state index contributed by atoms with van der Waals surface area (Å²) in [6, 6.07) is 8.15. The van der Waals surface area contributed by atoms with Crippen LogP contribution in [0.3, 0.4) is 0 Å². The summed E-state index contributed by atoms with van der Waals surface area (Å²) in [6.07, 6.45) is 0.647. The van der Waals surface area contributed by atoms with Crippen LogP contribution < -0.4 is 5.32 Å². The molecule has 1 N–H and O–H groups in total. The molecule has 20 heavy (non-hydrogen) atoms. The van der Waals surface area contributed by atoms with Crippen molar-refractivity contribution in [2.75, 3.05) is 0 Å². The molecule has 0 radical (unpaired) electrons. The van der Waals surface area contributed by atoms with Gasteiger partial charge < -0.3 is 5.32 Å². The van der Waals surface area contributed by atoms with E-state index in [-0.39, 0.29) is 18.5 Å². The van der Waals surface area contributed by atoms with Crippen LogP contribution in [0.5, 0.6) is 0 Å². The molecule has 0 bridgehead atoms. The van der Waals surface area contributed by atoms with Gasteiger partial charge in [0.2, 0.25) is 0 Å². The number of nitrogens with zero attached hydrogens (tertiary/aromatic N) is 2. The van der Waals surface area contributed by atoms with Crippen molar-refractivity contribution < 1.29 is 9.59 Å². The molecule has 1 unspecified atom stereocenters. The molecule has 1 aliphatic rings. The van der Waals surface area contributed by atoms with Crippen LogP contribution in [-0.2, 0) is 11.3 Å². The van der Waals surface area contributed by atoms with Crippen LogP contribution in [0.15, 0.2) is 24.3 Å². The minimum Gasteiger partial charge on any atom is -0.326 e. The molecule has 2 rings (SSSR count). The molecule has 1 fully saturated rings. The molecule has 0 aliphatic carbocycles. The zero-order chi connectivity index (χ0) is 14.7. The van der Waals surface area contributed by atoms with Crippen molar-refractivity contribution in [2.24, 2.45) is 5.92 Å². The molecule has 0 aromatic heterocycles. The van der Waals surface area contributed by atoms with Gasteiger partial charge in [-0.05, 0) is 30.0 Å². The van der Waals surface area contributed by atoms with Crippen molar-refractivity contribution in [2.45, 2.75) is 32.9 Å². The highest BCUT2D eigenvalue weighted by Gasteiger charge is 2.37. The Bertz CT molecular complexity index is 557. The summed E-state index contributed by atoms with van der Waals surface area (Å²) in [5, 5.41) is 11.4. The zero-order valence-electron chi connectivity index (χ0n) is 11.6. The van der Waals surface area contributed by atoms with Gasteiger partial charge in [-0.2, -0.15) is 5.26 Å². The van der Waals surface area contributed by atoms with E-state index < -0.39 is 6.04 Å². The molecule has 104 valence electrons. The van der Waals surface area contributed by atoms with Gasteiger partial charge in [-0.15, -0.1) is 0 Å². The van der Waals surface area contributed by atoms with Crippen molar-refractivity contribution in [1.82, 2.24) is 10.2 Å².